The van der Waals surface area contributed by atoms with Crippen molar-refractivity contribution in [1.82, 2.24) is 5.32 Å². The molecule has 0 saturated heterocycles. The molecule has 3 nitrogen and oxygen atoms in total. The summed E-state index contributed by atoms with van der Waals surface area (Å²) in [5, 5.41) is 4.15. The minimum atomic E-state index is 0.632. The average molecular weight is 270 g/mol. The first-order chi connectivity index (χ1) is 8.79. The van der Waals surface area contributed by atoms with Crippen molar-refractivity contribution >= 4 is 11.6 Å². The van der Waals surface area contributed by atoms with Gasteiger partial charge in [0.2, 0.25) is 0 Å². The van der Waals surface area contributed by atoms with E-state index in [1.807, 2.05) is 12.1 Å². The predicted octanol–water partition coefficient (Wildman–Crippen LogP) is 3.01. The van der Waals surface area contributed by atoms with Crippen LogP contribution >= 0.6 is 11.6 Å². The first kappa shape index (κ1) is 13.7. The summed E-state index contributed by atoms with van der Waals surface area (Å²) >= 11 is 6.19. The fourth-order valence-electron chi connectivity index (χ4n) is 1.71. The smallest absolute Gasteiger partial charge is 0.137 e. The minimum absolute atomic E-state index is 0.632. The highest BCUT2D eigenvalue weighted by Crippen LogP contribution is 2.26. The van der Waals surface area contributed by atoms with Crippen molar-refractivity contribution in [3.63, 3.8) is 0 Å². The number of hydrogen-bond donors (Lipinski definition) is 1. The lowest BCUT2D eigenvalue weighted by Crippen LogP contribution is -2.15. The maximum atomic E-state index is 6.19. The van der Waals surface area contributed by atoms with Gasteiger partial charge < -0.3 is 14.8 Å². The van der Waals surface area contributed by atoms with Gasteiger partial charge in [-0.3, -0.25) is 0 Å². The van der Waals surface area contributed by atoms with Crippen molar-refractivity contribution in [3.05, 3.63) is 28.8 Å². The number of benzene rings is 1. The average Bonchev–Trinajstić information content (AvgIpc) is 3.18. The summed E-state index contributed by atoms with van der Waals surface area (Å²) in [6.07, 6.45) is 3.47. The molecule has 0 spiro atoms. The summed E-state index contributed by atoms with van der Waals surface area (Å²) in [6.45, 7) is 2.22. The highest BCUT2D eigenvalue weighted by atomic mass is 35.5. The van der Waals surface area contributed by atoms with Gasteiger partial charge in [-0.05, 0) is 30.5 Å². The second kappa shape index (κ2) is 6.98. The van der Waals surface area contributed by atoms with E-state index in [9.17, 15) is 0 Å². The van der Waals surface area contributed by atoms with Crippen LogP contribution in [0, 0.1) is 0 Å². The highest BCUT2D eigenvalue weighted by molar-refractivity contribution is 6.32. The molecule has 1 fully saturated rings. The zero-order valence-electron chi connectivity index (χ0n) is 10.7. The van der Waals surface area contributed by atoms with Crippen molar-refractivity contribution in [1.29, 1.82) is 0 Å². The minimum Gasteiger partial charge on any atom is -0.492 e. The van der Waals surface area contributed by atoms with Gasteiger partial charge in [0.1, 0.15) is 5.75 Å². The van der Waals surface area contributed by atoms with Crippen LogP contribution in [0.4, 0.5) is 0 Å². The van der Waals surface area contributed by atoms with Crippen LogP contribution in [0.25, 0.3) is 0 Å². The Morgan fingerprint density at radius 1 is 1.33 bits per heavy atom. The molecule has 0 bridgehead atoms. The second-order valence-corrected chi connectivity index (χ2v) is 5.02. The number of methoxy groups -OCH3 is 1. The van der Waals surface area contributed by atoms with Gasteiger partial charge in [-0.2, -0.15) is 0 Å². The lowest BCUT2D eigenvalue weighted by molar-refractivity contribution is 0.172. The van der Waals surface area contributed by atoms with Gasteiger partial charge in [0, 0.05) is 32.7 Å². The molecule has 0 atom stereocenters. The van der Waals surface area contributed by atoms with E-state index in [1.165, 1.54) is 18.4 Å². The van der Waals surface area contributed by atoms with Gasteiger partial charge in [0.25, 0.3) is 0 Å². The Labute approximate surface area is 113 Å². The van der Waals surface area contributed by atoms with Gasteiger partial charge in [0.05, 0.1) is 11.6 Å². The van der Waals surface area contributed by atoms with Crippen molar-refractivity contribution in [2.45, 2.75) is 31.8 Å². The number of ether oxygens (including phenoxy) is 2. The third kappa shape index (κ3) is 4.48. The van der Waals surface area contributed by atoms with Gasteiger partial charge in [-0.25, -0.2) is 0 Å². The quantitative estimate of drug-likeness (QED) is 0.736. The van der Waals surface area contributed by atoms with Gasteiger partial charge in [-0.15, -0.1) is 0 Å². The van der Waals surface area contributed by atoms with E-state index in [0.717, 1.165) is 18.7 Å². The lowest BCUT2D eigenvalue weighted by Gasteiger charge is -2.10. The van der Waals surface area contributed by atoms with Crippen molar-refractivity contribution in [3.8, 4) is 5.75 Å². The third-order valence-electron chi connectivity index (χ3n) is 2.92. The Bertz CT molecular complexity index is 380. The van der Waals surface area contributed by atoms with Gasteiger partial charge in [0.15, 0.2) is 0 Å². The van der Waals surface area contributed by atoms with Crippen LogP contribution in [0.3, 0.4) is 0 Å². The first-order valence-corrected chi connectivity index (χ1v) is 6.81. The Morgan fingerprint density at radius 2 is 2.17 bits per heavy atom. The Balaban J connectivity index is 1.79. The zero-order chi connectivity index (χ0) is 12.8. The van der Waals surface area contributed by atoms with E-state index in [2.05, 4.69) is 11.4 Å². The predicted molar refractivity (Wildman–Crippen MR) is 73.3 cm³/mol. The molecule has 0 aromatic heterocycles. The Morgan fingerprint density at radius 3 is 2.83 bits per heavy atom. The van der Waals surface area contributed by atoms with E-state index < -0.39 is 0 Å². The summed E-state index contributed by atoms with van der Waals surface area (Å²) in [7, 11) is 1.69. The molecule has 0 unspecified atom stereocenters. The fourth-order valence-corrected chi connectivity index (χ4v) is 1.96. The molecule has 18 heavy (non-hydrogen) atoms. The van der Waals surface area contributed by atoms with E-state index in [1.54, 1.807) is 7.11 Å². The summed E-state index contributed by atoms with van der Waals surface area (Å²) in [6, 6.07) is 6.70. The summed E-state index contributed by atoms with van der Waals surface area (Å²) in [4.78, 5) is 0. The number of rotatable bonds is 8. The Kier molecular flexibility index (Phi) is 5.29. The van der Waals surface area contributed by atoms with Gasteiger partial charge in [-0.1, -0.05) is 17.7 Å². The van der Waals surface area contributed by atoms with E-state index in [-0.39, 0.29) is 0 Å². The molecule has 0 amide bonds. The maximum absolute atomic E-state index is 6.19. The molecule has 0 heterocycles. The van der Waals surface area contributed by atoms with Crippen LogP contribution in [0.15, 0.2) is 18.2 Å². The zero-order valence-corrected chi connectivity index (χ0v) is 11.5. The second-order valence-electron chi connectivity index (χ2n) is 4.61. The largest absolute Gasteiger partial charge is 0.492 e. The summed E-state index contributed by atoms with van der Waals surface area (Å²) < 4.78 is 10.6. The molecule has 1 N–H and O–H groups in total. The Hall–Kier alpha value is -0.770. The number of halogens is 1. The number of nitrogens with one attached hydrogen (secondary N) is 1. The molecular formula is C14H20ClNO2. The molecular weight excluding hydrogens is 250 g/mol. The lowest BCUT2D eigenvalue weighted by atomic mass is 10.2. The molecule has 4 heteroatoms. The topological polar surface area (TPSA) is 30.5 Å². The summed E-state index contributed by atoms with van der Waals surface area (Å²) in [5.41, 5.74) is 1.20. The van der Waals surface area contributed by atoms with E-state index >= 15 is 0 Å². The van der Waals surface area contributed by atoms with Crippen molar-refractivity contribution in [2.75, 3.05) is 20.3 Å². The van der Waals surface area contributed by atoms with Crippen LogP contribution < -0.4 is 10.1 Å². The van der Waals surface area contributed by atoms with E-state index in [0.29, 0.717) is 24.3 Å². The fraction of sp³-hybridized carbons (Fsp3) is 0.571. The first-order valence-electron chi connectivity index (χ1n) is 6.43. The molecule has 100 valence electrons. The molecule has 2 rings (SSSR count). The van der Waals surface area contributed by atoms with Crippen LogP contribution in [0.5, 0.6) is 5.75 Å². The van der Waals surface area contributed by atoms with E-state index in [4.69, 9.17) is 21.1 Å². The molecule has 1 saturated carbocycles. The van der Waals surface area contributed by atoms with Crippen LogP contribution in [-0.2, 0) is 11.3 Å². The molecule has 1 aliphatic carbocycles. The maximum Gasteiger partial charge on any atom is 0.137 e. The monoisotopic (exact) mass is 269 g/mol. The molecule has 1 aromatic carbocycles. The highest BCUT2D eigenvalue weighted by Gasteiger charge is 2.19. The third-order valence-corrected chi connectivity index (χ3v) is 3.21. The molecule has 1 aromatic rings. The number of hydrogen-bond acceptors (Lipinski definition) is 3. The SMILES string of the molecule is COCCCOc1ccc(CNC2CC2)cc1Cl. The van der Waals surface area contributed by atoms with Crippen LogP contribution in [0.1, 0.15) is 24.8 Å². The van der Waals surface area contributed by atoms with Gasteiger partial charge >= 0.3 is 0 Å². The molecule has 1 aliphatic rings. The normalized spacial score (nSPS) is 14.8. The van der Waals surface area contributed by atoms with Crippen LogP contribution in [-0.4, -0.2) is 26.4 Å². The standard InChI is InChI=1S/C14H20ClNO2/c1-17-7-2-8-18-14-6-3-11(9-13(14)15)10-16-12-4-5-12/h3,6,9,12,16H,2,4-5,7-8,10H2,1H3. The van der Waals surface area contributed by atoms with Crippen molar-refractivity contribution < 1.29 is 9.47 Å². The molecule has 0 radical (unpaired) electrons. The molecule has 0 aliphatic heterocycles. The summed E-state index contributed by atoms with van der Waals surface area (Å²) in [5.74, 6) is 0.753. The van der Waals surface area contributed by atoms with Crippen LogP contribution in [0.2, 0.25) is 5.02 Å². The van der Waals surface area contributed by atoms with Crippen molar-refractivity contribution in [2.24, 2.45) is 0 Å².